The van der Waals surface area contributed by atoms with Crippen molar-refractivity contribution >= 4 is 0 Å². The number of hydrogen-bond donors (Lipinski definition) is 0. The van der Waals surface area contributed by atoms with E-state index in [1.165, 1.54) is 4.80 Å². The minimum absolute atomic E-state index is 0.0771. The molecule has 0 bridgehead atoms. The largest absolute Gasteiger partial charge is 0.470 e. The fourth-order valence-corrected chi connectivity index (χ4v) is 1.71. The van der Waals surface area contributed by atoms with Gasteiger partial charge in [0.15, 0.2) is 0 Å². The molecule has 0 atom stereocenters. The Bertz CT molecular complexity index is 752. The van der Waals surface area contributed by atoms with Gasteiger partial charge in [0, 0.05) is 12.0 Å². The van der Waals surface area contributed by atoms with Gasteiger partial charge in [-0.2, -0.15) is 18.0 Å². The lowest BCUT2D eigenvalue weighted by Crippen LogP contribution is -2.06. The van der Waals surface area contributed by atoms with Crippen molar-refractivity contribution in [3.63, 3.8) is 0 Å². The van der Waals surface area contributed by atoms with Crippen molar-refractivity contribution in [2.24, 2.45) is 0 Å². The molecule has 114 valence electrons. The summed E-state index contributed by atoms with van der Waals surface area (Å²) in [6.45, 7) is 0.180. The summed E-state index contributed by atoms with van der Waals surface area (Å²) in [5.41, 5.74) is 0.797. The third-order valence-electron chi connectivity index (χ3n) is 2.72. The Balaban J connectivity index is 1.65. The first kappa shape index (κ1) is 14.2. The van der Waals surface area contributed by atoms with Gasteiger partial charge in [-0.15, -0.1) is 20.4 Å². The van der Waals surface area contributed by atoms with Gasteiger partial charge in [0.05, 0.1) is 6.54 Å². The molecule has 1 aromatic carbocycles. The second-order valence-corrected chi connectivity index (χ2v) is 4.32. The van der Waals surface area contributed by atoms with Crippen LogP contribution in [0.2, 0.25) is 0 Å². The summed E-state index contributed by atoms with van der Waals surface area (Å²) in [5.74, 6) is -1.06. The standard InChI is InChI=1S/C12H9F3N6O/c13-12(14,15)11-18-16-9(22-11)6-7-21-19-10(17-20-21)8-4-2-1-3-5-8/h1-5H,6-7H2. The number of halogens is 3. The normalized spacial score (nSPS) is 11.8. The molecule has 0 radical (unpaired) electrons. The Morgan fingerprint density at radius 1 is 1.05 bits per heavy atom. The minimum atomic E-state index is -4.64. The molecule has 2 heterocycles. The van der Waals surface area contributed by atoms with E-state index in [9.17, 15) is 13.2 Å². The molecule has 0 saturated carbocycles. The molecule has 10 heteroatoms. The number of rotatable bonds is 4. The van der Waals surface area contributed by atoms with Gasteiger partial charge >= 0.3 is 12.1 Å². The van der Waals surface area contributed by atoms with Gasteiger partial charge in [-0.1, -0.05) is 30.3 Å². The van der Waals surface area contributed by atoms with Crippen LogP contribution in [0.4, 0.5) is 13.2 Å². The summed E-state index contributed by atoms with van der Waals surface area (Å²) >= 11 is 0. The van der Waals surface area contributed by atoms with Crippen molar-refractivity contribution in [1.82, 2.24) is 30.4 Å². The zero-order valence-corrected chi connectivity index (χ0v) is 11.0. The molecule has 0 unspecified atom stereocenters. The Morgan fingerprint density at radius 3 is 2.50 bits per heavy atom. The highest BCUT2D eigenvalue weighted by Gasteiger charge is 2.38. The van der Waals surface area contributed by atoms with Gasteiger partial charge in [-0.3, -0.25) is 0 Å². The number of alkyl halides is 3. The Morgan fingerprint density at radius 2 is 1.82 bits per heavy atom. The number of nitrogens with zero attached hydrogens (tertiary/aromatic N) is 6. The SMILES string of the molecule is FC(F)(F)c1nnc(CCn2nnc(-c3ccccc3)n2)o1. The van der Waals surface area contributed by atoms with Gasteiger partial charge < -0.3 is 4.42 Å². The molecule has 0 spiro atoms. The van der Waals surface area contributed by atoms with Crippen molar-refractivity contribution in [3.05, 3.63) is 42.1 Å². The highest BCUT2D eigenvalue weighted by molar-refractivity contribution is 5.52. The maximum Gasteiger partial charge on any atom is 0.470 e. The molecule has 22 heavy (non-hydrogen) atoms. The molecule has 0 aliphatic rings. The summed E-state index contributed by atoms with van der Waals surface area (Å²) in [6.07, 6.45) is -4.56. The van der Waals surface area contributed by atoms with E-state index in [4.69, 9.17) is 0 Å². The van der Waals surface area contributed by atoms with Crippen LogP contribution in [0.3, 0.4) is 0 Å². The molecule has 0 aliphatic carbocycles. The van der Waals surface area contributed by atoms with E-state index in [-0.39, 0.29) is 18.9 Å². The number of aromatic nitrogens is 6. The molecule has 7 nitrogen and oxygen atoms in total. The second kappa shape index (κ2) is 5.54. The Kier molecular flexibility index (Phi) is 3.57. The summed E-state index contributed by atoms with van der Waals surface area (Å²) in [6, 6.07) is 9.20. The maximum absolute atomic E-state index is 12.3. The Hall–Kier alpha value is -2.78. The smallest absolute Gasteiger partial charge is 0.417 e. The molecule has 0 aliphatic heterocycles. The van der Waals surface area contributed by atoms with Gasteiger partial charge in [0.25, 0.3) is 0 Å². The summed E-state index contributed by atoms with van der Waals surface area (Å²) in [4.78, 5) is 1.26. The zero-order chi connectivity index (χ0) is 15.6. The predicted molar refractivity (Wildman–Crippen MR) is 66.3 cm³/mol. The van der Waals surface area contributed by atoms with Crippen molar-refractivity contribution < 1.29 is 17.6 Å². The van der Waals surface area contributed by atoms with E-state index in [0.717, 1.165) is 5.56 Å². The fraction of sp³-hybridized carbons (Fsp3) is 0.250. The van der Waals surface area contributed by atoms with Crippen molar-refractivity contribution in [2.45, 2.75) is 19.1 Å². The fourth-order valence-electron chi connectivity index (χ4n) is 1.71. The summed E-state index contributed by atoms with van der Waals surface area (Å²) < 4.78 is 41.5. The molecule has 0 N–H and O–H groups in total. The average molecular weight is 310 g/mol. The first-order valence-electron chi connectivity index (χ1n) is 6.25. The molecule has 3 rings (SSSR count). The van der Waals surface area contributed by atoms with E-state index in [1.54, 1.807) is 0 Å². The van der Waals surface area contributed by atoms with E-state index >= 15 is 0 Å². The highest BCUT2D eigenvalue weighted by Crippen LogP contribution is 2.27. The number of hydrogen-bond acceptors (Lipinski definition) is 6. The van der Waals surface area contributed by atoms with Crippen LogP contribution in [0.25, 0.3) is 11.4 Å². The van der Waals surface area contributed by atoms with E-state index in [1.807, 2.05) is 30.3 Å². The molecular formula is C12H9F3N6O. The van der Waals surface area contributed by atoms with Crippen molar-refractivity contribution in [2.75, 3.05) is 0 Å². The maximum atomic E-state index is 12.3. The van der Waals surface area contributed by atoms with E-state index < -0.39 is 12.1 Å². The topological polar surface area (TPSA) is 82.5 Å². The molecule has 3 aromatic rings. The third-order valence-corrected chi connectivity index (χ3v) is 2.72. The first-order chi connectivity index (χ1) is 10.5. The van der Waals surface area contributed by atoms with E-state index in [2.05, 4.69) is 30.0 Å². The summed E-state index contributed by atoms with van der Waals surface area (Å²) in [5, 5.41) is 18.1. The number of aryl methyl sites for hydroxylation is 2. The van der Waals surface area contributed by atoms with Crippen LogP contribution in [-0.4, -0.2) is 30.4 Å². The van der Waals surface area contributed by atoms with Gasteiger partial charge in [-0.25, -0.2) is 0 Å². The van der Waals surface area contributed by atoms with Crippen LogP contribution in [0.15, 0.2) is 34.7 Å². The first-order valence-corrected chi connectivity index (χ1v) is 6.25. The molecular weight excluding hydrogens is 301 g/mol. The lowest BCUT2D eigenvalue weighted by atomic mass is 10.2. The monoisotopic (exact) mass is 310 g/mol. The van der Waals surface area contributed by atoms with Crippen molar-refractivity contribution in [3.8, 4) is 11.4 Å². The highest BCUT2D eigenvalue weighted by atomic mass is 19.4. The molecule has 2 aromatic heterocycles. The lowest BCUT2D eigenvalue weighted by molar-refractivity contribution is -0.157. The van der Waals surface area contributed by atoms with Crippen LogP contribution >= 0.6 is 0 Å². The van der Waals surface area contributed by atoms with Gasteiger partial charge in [-0.05, 0) is 5.21 Å². The average Bonchev–Trinajstić information content (AvgIpc) is 3.15. The zero-order valence-electron chi connectivity index (χ0n) is 11.0. The van der Waals surface area contributed by atoms with E-state index in [0.29, 0.717) is 5.82 Å². The molecule has 0 amide bonds. The molecule has 0 fully saturated rings. The van der Waals surface area contributed by atoms with Gasteiger partial charge in [0.1, 0.15) is 0 Å². The third kappa shape index (κ3) is 3.10. The predicted octanol–water partition coefficient (Wildman–Crippen LogP) is 1.98. The van der Waals surface area contributed by atoms with Crippen molar-refractivity contribution in [1.29, 1.82) is 0 Å². The van der Waals surface area contributed by atoms with Crippen LogP contribution in [0.5, 0.6) is 0 Å². The molecule has 0 saturated heterocycles. The number of tetrazole rings is 1. The van der Waals surface area contributed by atoms with Gasteiger partial charge in [0.2, 0.25) is 11.7 Å². The Labute approximate surface area is 121 Å². The second-order valence-electron chi connectivity index (χ2n) is 4.32. The van der Waals surface area contributed by atoms with Crippen LogP contribution < -0.4 is 0 Å². The van der Waals surface area contributed by atoms with Crippen LogP contribution in [-0.2, 0) is 19.1 Å². The lowest BCUT2D eigenvalue weighted by Gasteiger charge is -1.97. The minimum Gasteiger partial charge on any atom is -0.417 e. The summed E-state index contributed by atoms with van der Waals surface area (Å²) in [7, 11) is 0. The van der Waals surface area contributed by atoms with Crippen LogP contribution in [0, 0.1) is 0 Å². The number of benzene rings is 1. The van der Waals surface area contributed by atoms with Crippen LogP contribution in [0.1, 0.15) is 11.8 Å². The quantitative estimate of drug-likeness (QED) is 0.733.